The zero-order chi connectivity index (χ0) is 36.3. The van der Waals surface area contributed by atoms with Gasteiger partial charge >= 0.3 is 6.09 Å². The molecule has 0 radical (unpaired) electrons. The number of benzene rings is 2. The van der Waals surface area contributed by atoms with E-state index in [2.05, 4.69) is 10.6 Å². The first-order valence-electron chi connectivity index (χ1n) is 15.4. The summed E-state index contributed by atoms with van der Waals surface area (Å²) in [6.07, 6.45) is -1.38. The molecule has 3 fully saturated rings. The fraction of sp³-hybridized carbons (Fsp3) is 0.500. The molecule has 1 saturated heterocycles. The Bertz CT molecular complexity index is 1800. The van der Waals surface area contributed by atoms with Crippen LogP contribution in [0.3, 0.4) is 0 Å². The van der Waals surface area contributed by atoms with Crippen LogP contribution in [0.4, 0.5) is 23.7 Å². The van der Waals surface area contributed by atoms with E-state index in [1.54, 1.807) is 20.8 Å². The van der Waals surface area contributed by atoms with Crippen LogP contribution in [0.15, 0.2) is 35.2 Å². The number of hydrogen-bond donors (Lipinski definition) is 4. The van der Waals surface area contributed by atoms with Gasteiger partial charge < -0.3 is 25.6 Å². The maximum Gasteiger partial charge on any atom is 0.411 e. The number of nitrogens with zero attached hydrogens (tertiary/aromatic N) is 1. The maximum atomic E-state index is 13.9. The summed E-state index contributed by atoms with van der Waals surface area (Å²) in [6.45, 7) is 4.25. The molecule has 0 aromatic heterocycles. The van der Waals surface area contributed by atoms with Crippen molar-refractivity contribution < 1.29 is 55.7 Å². The van der Waals surface area contributed by atoms with Gasteiger partial charge in [0.15, 0.2) is 28.2 Å². The van der Waals surface area contributed by atoms with E-state index in [0.29, 0.717) is 25.0 Å². The highest BCUT2D eigenvalue weighted by atomic mass is 35.5. The molecule has 3 aliphatic rings. The maximum absolute atomic E-state index is 13.9. The number of halogens is 4. The van der Waals surface area contributed by atoms with Gasteiger partial charge in [-0.3, -0.25) is 19.3 Å². The van der Waals surface area contributed by atoms with E-state index in [1.165, 1.54) is 0 Å². The minimum absolute atomic E-state index is 0.246. The third kappa shape index (κ3) is 7.00. The Morgan fingerprint density at radius 1 is 1.04 bits per heavy atom. The normalized spacial score (nSPS) is 26.8. The summed E-state index contributed by atoms with van der Waals surface area (Å²) in [4.78, 5) is 48.8. The monoisotopic (exact) mass is 729 g/mol. The Labute approximate surface area is 284 Å². The van der Waals surface area contributed by atoms with E-state index in [9.17, 15) is 51.0 Å². The predicted octanol–water partition coefficient (Wildman–Crippen LogP) is 3.72. The second-order valence-electron chi connectivity index (χ2n) is 13.8. The van der Waals surface area contributed by atoms with Crippen LogP contribution in [0.2, 0.25) is 5.02 Å². The van der Waals surface area contributed by atoms with Crippen molar-refractivity contribution in [2.75, 3.05) is 18.4 Å². The molecule has 1 heterocycles. The third-order valence-electron chi connectivity index (χ3n) is 9.25. The summed E-state index contributed by atoms with van der Waals surface area (Å²) in [6, 6.07) is 3.04. The van der Waals surface area contributed by atoms with Gasteiger partial charge in [-0.15, -0.1) is 0 Å². The number of carbonyl (C=O) groups is 4. The smallest absolute Gasteiger partial charge is 0.411 e. The lowest BCUT2D eigenvalue weighted by Crippen LogP contribution is -2.60. The number of likely N-dealkylation sites (tertiary alicyclic amines) is 1. The van der Waals surface area contributed by atoms with Gasteiger partial charge in [0.2, 0.25) is 15.7 Å². The summed E-state index contributed by atoms with van der Waals surface area (Å²) in [5, 5.41) is 27.8. The zero-order valence-electron chi connectivity index (χ0n) is 26.7. The van der Waals surface area contributed by atoms with E-state index < -0.39 is 103 Å². The van der Waals surface area contributed by atoms with Crippen molar-refractivity contribution in [3.05, 3.63) is 58.4 Å². The first-order valence-corrected chi connectivity index (χ1v) is 17.2. The molecule has 2 aromatic rings. The summed E-state index contributed by atoms with van der Waals surface area (Å²) >= 11 is 6.24. The lowest BCUT2D eigenvalue weighted by Gasteiger charge is -2.46. The predicted molar refractivity (Wildman–Crippen MR) is 168 cm³/mol. The van der Waals surface area contributed by atoms with Crippen molar-refractivity contribution in [1.82, 2.24) is 10.2 Å². The number of carbonyl (C=O) groups excluding carboxylic acids is 4. The quantitative estimate of drug-likeness (QED) is 0.309. The van der Waals surface area contributed by atoms with Crippen LogP contribution in [0.5, 0.6) is 0 Å². The van der Waals surface area contributed by atoms with E-state index in [-0.39, 0.29) is 35.9 Å². The van der Waals surface area contributed by atoms with Crippen molar-refractivity contribution in [3.8, 4) is 0 Å². The van der Waals surface area contributed by atoms with Crippen LogP contribution in [0.1, 0.15) is 63.2 Å². The standard InChI is InChI=1S/C32H35ClF3N3O9S/c1-30(2,3)48-29(43)39-14-20(40)11-24(39)28(42)37-15-32(45)17-5-6-18(32)13-31(44,12-17)49(46,47)25-8-16(4-7-21(25)33)27(41)38-19-9-22(34)26(36)23(35)10-19/h4,7-10,17-18,24,44-45H,5-6,11-15H2,1-3H3,(H,37,42)(H,38,41)/t17?,18?,24-,31?,32?/m0/s1. The fourth-order valence-corrected chi connectivity index (χ4v) is 9.10. The Hall–Kier alpha value is -3.73. The van der Waals surface area contributed by atoms with Gasteiger partial charge in [-0.05, 0) is 76.5 Å². The number of ketones is 1. The van der Waals surface area contributed by atoms with Gasteiger partial charge in [0.1, 0.15) is 11.6 Å². The number of sulfone groups is 1. The summed E-state index contributed by atoms with van der Waals surface area (Å²) in [5.74, 6) is -8.54. The van der Waals surface area contributed by atoms with Crippen LogP contribution < -0.4 is 10.6 Å². The third-order valence-corrected chi connectivity index (χ3v) is 11.9. The van der Waals surface area contributed by atoms with E-state index in [0.717, 1.165) is 23.1 Å². The van der Waals surface area contributed by atoms with Gasteiger partial charge in [-0.1, -0.05) is 11.6 Å². The Morgan fingerprint density at radius 2 is 1.63 bits per heavy atom. The van der Waals surface area contributed by atoms with Crippen LogP contribution in [0, 0.1) is 29.3 Å². The molecule has 0 spiro atoms. The first kappa shape index (κ1) is 36.5. The number of anilines is 1. The molecule has 49 heavy (non-hydrogen) atoms. The Balaban J connectivity index is 1.31. The molecule has 5 rings (SSSR count). The highest BCUT2D eigenvalue weighted by Gasteiger charge is 2.62. The number of fused-ring (bicyclic) bond motifs is 2. The molecule has 266 valence electrons. The number of ether oxygens (including phenoxy) is 1. The van der Waals surface area contributed by atoms with Crippen molar-refractivity contribution in [3.63, 3.8) is 0 Å². The number of nitrogens with one attached hydrogen (secondary N) is 2. The van der Waals surface area contributed by atoms with Crippen molar-refractivity contribution in [1.29, 1.82) is 0 Å². The second kappa shape index (κ2) is 12.9. The molecule has 2 unspecified atom stereocenters. The first-order chi connectivity index (χ1) is 22.6. The minimum atomic E-state index is -4.72. The Morgan fingerprint density at radius 3 is 2.20 bits per heavy atom. The molecule has 1 aliphatic heterocycles. The summed E-state index contributed by atoms with van der Waals surface area (Å²) < 4.78 is 73.8. The molecular formula is C32H35ClF3N3O9S. The van der Waals surface area contributed by atoms with Crippen LogP contribution in [-0.4, -0.2) is 82.5 Å². The summed E-state index contributed by atoms with van der Waals surface area (Å²) in [7, 11) is -4.72. The number of aliphatic hydroxyl groups is 2. The molecule has 2 aromatic carbocycles. The average molecular weight is 730 g/mol. The fourth-order valence-electron chi connectivity index (χ4n) is 6.82. The Kier molecular flexibility index (Phi) is 9.60. The molecule has 3 amide bonds. The van der Waals surface area contributed by atoms with Gasteiger partial charge in [-0.2, -0.15) is 0 Å². The van der Waals surface area contributed by atoms with E-state index >= 15 is 0 Å². The van der Waals surface area contributed by atoms with Gasteiger partial charge in [0.25, 0.3) is 5.91 Å². The molecule has 17 heteroatoms. The molecule has 2 bridgehead atoms. The topological polar surface area (TPSA) is 179 Å². The second-order valence-corrected chi connectivity index (χ2v) is 16.4. The number of amides is 3. The number of Topliss-reactive ketones (excluding diaryl/α,β-unsaturated/α-hetero) is 1. The van der Waals surface area contributed by atoms with Gasteiger partial charge in [0, 0.05) is 36.3 Å². The molecule has 12 nitrogen and oxygen atoms in total. The molecule has 2 saturated carbocycles. The van der Waals surface area contributed by atoms with Crippen LogP contribution >= 0.6 is 11.6 Å². The van der Waals surface area contributed by atoms with Gasteiger partial charge in [-0.25, -0.2) is 26.4 Å². The zero-order valence-corrected chi connectivity index (χ0v) is 28.3. The highest BCUT2D eigenvalue weighted by Crippen LogP contribution is 2.55. The highest BCUT2D eigenvalue weighted by molar-refractivity contribution is 7.92. The van der Waals surface area contributed by atoms with Crippen LogP contribution in [0.25, 0.3) is 0 Å². The number of rotatable bonds is 7. The lowest BCUT2D eigenvalue weighted by atomic mass is 9.73. The molecule has 3 atom stereocenters. The minimum Gasteiger partial charge on any atom is -0.444 e. The SMILES string of the molecule is CC(C)(C)OC(=O)N1CC(=O)C[C@H]1C(=O)NCC1(O)C2CCC1CC(O)(S(=O)(=O)c1cc(C(=O)Nc3cc(F)c(F)c(F)c3)ccc1Cl)C2. The van der Waals surface area contributed by atoms with E-state index in [1.807, 2.05) is 0 Å². The lowest BCUT2D eigenvalue weighted by molar-refractivity contribution is -0.131. The van der Waals surface area contributed by atoms with Crippen molar-refractivity contribution >= 4 is 50.8 Å². The van der Waals surface area contributed by atoms with E-state index in [4.69, 9.17) is 16.3 Å². The average Bonchev–Trinajstić information content (AvgIpc) is 3.45. The van der Waals surface area contributed by atoms with Crippen molar-refractivity contribution in [2.45, 2.75) is 79.9 Å². The molecule has 4 N–H and O–H groups in total. The molecule has 2 aliphatic carbocycles. The van der Waals surface area contributed by atoms with Crippen molar-refractivity contribution in [2.24, 2.45) is 11.8 Å². The number of hydrogen-bond acceptors (Lipinski definition) is 9. The van der Waals surface area contributed by atoms with Gasteiger partial charge in [0.05, 0.1) is 22.1 Å². The summed E-state index contributed by atoms with van der Waals surface area (Å²) in [5.41, 5.74) is -3.25. The van der Waals surface area contributed by atoms with Crippen LogP contribution in [-0.2, 0) is 24.2 Å². The largest absolute Gasteiger partial charge is 0.444 e. The molecular weight excluding hydrogens is 695 g/mol.